The van der Waals surface area contributed by atoms with Crippen LogP contribution in [0.3, 0.4) is 0 Å². The number of fused-ring (bicyclic) bond motifs is 2. The van der Waals surface area contributed by atoms with Crippen molar-refractivity contribution in [1.29, 1.82) is 0 Å². The number of nitrogens with zero attached hydrogens (tertiary/aromatic N) is 3. The highest BCUT2D eigenvalue weighted by molar-refractivity contribution is 5.97. The van der Waals surface area contributed by atoms with Gasteiger partial charge in [0.15, 0.2) is 0 Å². The molecule has 11 nitrogen and oxygen atoms in total. The van der Waals surface area contributed by atoms with Crippen LogP contribution in [0.25, 0.3) is 22.1 Å². The number of carbonyl (C=O) groups excluding carboxylic acids is 2. The van der Waals surface area contributed by atoms with Crippen molar-refractivity contribution in [2.24, 2.45) is 7.05 Å². The molecule has 212 valence electrons. The number of imidazole rings is 2. The van der Waals surface area contributed by atoms with E-state index in [4.69, 9.17) is 19.2 Å². The Balaban J connectivity index is 1.22. The summed E-state index contributed by atoms with van der Waals surface area (Å²) < 4.78 is 17.8. The molecule has 41 heavy (non-hydrogen) atoms. The molecule has 5 rings (SSSR count). The highest BCUT2D eigenvalue weighted by atomic mass is 16.6. The van der Waals surface area contributed by atoms with Crippen LogP contribution < -0.4 is 10.1 Å². The Kier molecular flexibility index (Phi) is 8.16. The first-order valence-electron chi connectivity index (χ1n) is 13.2. The summed E-state index contributed by atoms with van der Waals surface area (Å²) in [6.45, 7) is 2.85. The van der Waals surface area contributed by atoms with Crippen molar-refractivity contribution in [3.05, 3.63) is 83.4 Å². The smallest absolute Gasteiger partial charge is 0.342 e. The molecule has 0 saturated heterocycles. The van der Waals surface area contributed by atoms with E-state index in [9.17, 15) is 14.7 Å². The number of phenols is 1. The number of nitrogens with one attached hydrogen (secondary N) is 2. The van der Waals surface area contributed by atoms with E-state index in [2.05, 4.69) is 15.3 Å². The third kappa shape index (κ3) is 5.99. The molecule has 0 aliphatic rings. The Labute approximate surface area is 236 Å². The zero-order valence-electron chi connectivity index (χ0n) is 23.0. The Bertz CT molecular complexity index is 1710. The molecule has 0 radical (unpaired) electrons. The molecule has 2 heterocycles. The van der Waals surface area contributed by atoms with E-state index >= 15 is 0 Å². The summed E-state index contributed by atoms with van der Waals surface area (Å²) in [7, 11) is 3.44. The maximum Gasteiger partial charge on any atom is 0.342 e. The second kappa shape index (κ2) is 12.1. The van der Waals surface area contributed by atoms with Gasteiger partial charge in [-0.2, -0.15) is 0 Å². The third-order valence-corrected chi connectivity index (χ3v) is 6.73. The summed E-state index contributed by atoms with van der Waals surface area (Å²) in [5.41, 5.74) is 3.88. The van der Waals surface area contributed by atoms with Gasteiger partial charge >= 0.3 is 5.97 Å². The number of amides is 1. The topological polar surface area (TPSA) is 141 Å². The number of rotatable bonds is 11. The number of hydrogen-bond acceptors (Lipinski definition) is 8. The molecule has 1 amide bonds. The normalized spacial score (nSPS) is 12.0. The summed E-state index contributed by atoms with van der Waals surface area (Å²) in [4.78, 5) is 38.0. The third-order valence-electron chi connectivity index (χ3n) is 6.73. The van der Waals surface area contributed by atoms with E-state index in [0.29, 0.717) is 29.0 Å². The molecule has 0 spiro atoms. The van der Waals surface area contributed by atoms with Crippen molar-refractivity contribution in [1.82, 2.24) is 24.8 Å². The fourth-order valence-corrected chi connectivity index (χ4v) is 4.56. The van der Waals surface area contributed by atoms with E-state index in [1.54, 1.807) is 54.6 Å². The predicted octanol–water partition coefficient (Wildman–Crippen LogP) is 3.92. The van der Waals surface area contributed by atoms with Crippen LogP contribution in [0.15, 0.2) is 60.7 Å². The minimum atomic E-state index is -0.500. The van der Waals surface area contributed by atoms with Crippen molar-refractivity contribution in [3.8, 4) is 11.5 Å². The van der Waals surface area contributed by atoms with Gasteiger partial charge < -0.3 is 34.2 Å². The number of para-hydroxylation sites is 1. The van der Waals surface area contributed by atoms with Gasteiger partial charge in [-0.1, -0.05) is 12.1 Å². The molecule has 3 aromatic carbocycles. The van der Waals surface area contributed by atoms with E-state index in [-0.39, 0.29) is 37.3 Å². The minimum Gasteiger partial charge on any atom is -0.508 e. The number of aromatic hydroxyl groups is 1. The van der Waals surface area contributed by atoms with Gasteiger partial charge in [0, 0.05) is 25.8 Å². The molecule has 1 unspecified atom stereocenters. The second-order valence-corrected chi connectivity index (χ2v) is 9.51. The number of carbonyl (C=O) groups is 2. The molecule has 0 saturated carbocycles. The van der Waals surface area contributed by atoms with Crippen LogP contribution in [0.5, 0.6) is 11.5 Å². The lowest BCUT2D eigenvalue weighted by molar-refractivity contribution is 0.0383. The van der Waals surface area contributed by atoms with Gasteiger partial charge in [-0.15, -0.1) is 0 Å². The minimum absolute atomic E-state index is 0.145. The summed E-state index contributed by atoms with van der Waals surface area (Å²) in [5.74, 6) is 1.14. The predicted molar refractivity (Wildman–Crippen MR) is 152 cm³/mol. The number of H-pyrrole nitrogens is 1. The fourth-order valence-electron chi connectivity index (χ4n) is 4.56. The summed E-state index contributed by atoms with van der Waals surface area (Å²) >= 11 is 0. The molecular formula is C30H31N5O6. The number of methoxy groups -OCH3 is 1. The van der Waals surface area contributed by atoms with Gasteiger partial charge in [0.2, 0.25) is 0 Å². The van der Waals surface area contributed by atoms with Crippen LogP contribution in [-0.4, -0.2) is 70.0 Å². The monoisotopic (exact) mass is 557 g/mol. The highest BCUT2D eigenvalue weighted by Gasteiger charge is 2.21. The van der Waals surface area contributed by atoms with Crippen molar-refractivity contribution in [2.45, 2.75) is 12.8 Å². The van der Waals surface area contributed by atoms with Crippen molar-refractivity contribution in [2.75, 3.05) is 33.5 Å². The maximum absolute atomic E-state index is 12.9. The molecule has 0 bridgehead atoms. The van der Waals surface area contributed by atoms with Crippen LogP contribution in [0, 0.1) is 0 Å². The average molecular weight is 558 g/mol. The van der Waals surface area contributed by atoms with Gasteiger partial charge in [0.05, 0.1) is 41.1 Å². The molecule has 0 aliphatic carbocycles. The first-order valence-corrected chi connectivity index (χ1v) is 13.2. The number of hydrogen-bond donors (Lipinski definition) is 3. The SMILES string of the molecule is COCCOC(=O)c1ccccc1OCCNC(=O)c1ccc2nc(C(C)c3nc4cc(O)ccc4[nH]3)n(C)c2c1. The van der Waals surface area contributed by atoms with Gasteiger partial charge in [-0.25, -0.2) is 14.8 Å². The Morgan fingerprint density at radius 1 is 1.02 bits per heavy atom. The largest absolute Gasteiger partial charge is 0.508 e. The molecule has 0 aliphatic heterocycles. The quantitative estimate of drug-likeness (QED) is 0.164. The second-order valence-electron chi connectivity index (χ2n) is 9.51. The first kappa shape index (κ1) is 27.7. The summed E-state index contributed by atoms with van der Waals surface area (Å²) in [5, 5.41) is 12.6. The van der Waals surface area contributed by atoms with Crippen molar-refractivity contribution < 1.29 is 28.9 Å². The van der Waals surface area contributed by atoms with Gasteiger partial charge in [-0.05, 0) is 49.4 Å². The standard InChI is InChI=1S/C30H31N5O6/c1-18(27-32-22-11-9-20(36)17-24(22)33-27)28-34-23-10-8-19(16-25(23)35(28)2)29(37)31-12-13-40-26-7-5-4-6-21(26)30(38)41-15-14-39-3/h4-11,16-18,36H,12-15H2,1-3H3,(H,31,37)(H,32,33). The van der Waals surface area contributed by atoms with Gasteiger partial charge in [0.25, 0.3) is 5.91 Å². The molecule has 1 atom stereocenters. The van der Waals surface area contributed by atoms with Gasteiger partial charge in [-0.3, -0.25) is 4.79 Å². The van der Waals surface area contributed by atoms with E-state index in [0.717, 1.165) is 28.2 Å². The first-order chi connectivity index (χ1) is 19.9. The van der Waals surface area contributed by atoms with E-state index in [1.807, 2.05) is 24.6 Å². The molecule has 5 aromatic rings. The lowest BCUT2D eigenvalue weighted by Crippen LogP contribution is -2.28. The zero-order chi connectivity index (χ0) is 28.9. The number of esters is 1. The fraction of sp³-hybridized carbons (Fsp3) is 0.267. The van der Waals surface area contributed by atoms with Gasteiger partial charge in [0.1, 0.15) is 41.9 Å². The maximum atomic E-state index is 12.9. The Hall–Kier alpha value is -4.90. The van der Waals surface area contributed by atoms with Crippen LogP contribution in [0.4, 0.5) is 0 Å². The zero-order valence-corrected chi connectivity index (χ0v) is 23.0. The lowest BCUT2D eigenvalue weighted by Gasteiger charge is -2.12. The van der Waals surface area contributed by atoms with Crippen LogP contribution in [0.1, 0.15) is 45.2 Å². The molecule has 11 heteroatoms. The number of benzene rings is 3. The number of aromatic nitrogens is 4. The lowest BCUT2D eigenvalue weighted by atomic mass is 10.1. The number of aryl methyl sites for hydroxylation is 1. The Morgan fingerprint density at radius 3 is 2.68 bits per heavy atom. The number of aromatic amines is 1. The molecular weight excluding hydrogens is 526 g/mol. The number of ether oxygens (including phenoxy) is 3. The Morgan fingerprint density at radius 2 is 1.85 bits per heavy atom. The molecule has 2 aromatic heterocycles. The molecule has 3 N–H and O–H groups in total. The number of phenolic OH excluding ortho intramolecular Hbond substituents is 1. The van der Waals surface area contributed by atoms with Crippen LogP contribution >= 0.6 is 0 Å². The average Bonchev–Trinajstić information content (AvgIpc) is 3.55. The molecule has 0 fully saturated rings. The highest BCUT2D eigenvalue weighted by Crippen LogP contribution is 2.28. The van der Waals surface area contributed by atoms with Crippen LogP contribution in [-0.2, 0) is 16.5 Å². The van der Waals surface area contributed by atoms with Crippen molar-refractivity contribution in [3.63, 3.8) is 0 Å². The summed E-state index contributed by atoms with van der Waals surface area (Å²) in [6, 6.07) is 17.2. The van der Waals surface area contributed by atoms with Crippen molar-refractivity contribution >= 4 is 33.9 Å². The van der Waals surface area contributed by atoms with E-state index in [1.165, 1.54) is 7.11 Å². The van der Waals surface area contributed by atoms with Crippen LogP contribution in [0.2, 0.25) is 0 Å². The summed E-state index contributed by atoms with van der Waals surface area (Å²) in [6.07, 6.45) is 0. The van der Waals surface area contributed by atoms with E-state index < -0.39 is 5.97 Å².